The second kappa shape index (κ2) is 7.24. The summed E-state index contributed by atoms with van der Waals surface area (Å²) < 4.78 is 1.46. The summed E-state index contributed by atoms with van der Waals surface area (Å²) in [6, 6.07) is 9.94. The molecule has 1 aromatic carbocycles. The van der Waals surface area contributed by atoms with Crippen LogP contribution in [0.4, 0.5) is 0 Å². The van der Waals surface area contributed by atoms with Crippen molar-refractivity contribution in [2.45, 2.75) is 13.0 Å². The fraction of sp³-hybridized carbons (Fsp3) is 0.316. The Morgan fingerprint density at radius 3 is 2.62 bits per heavy atom. The van der Waals surface area contributed by atoms with Crippen LogP contribution in [0.25, 0.3) is 10.9 Å². The van der Waals surface area contributed by atoms with Crippen molar-refractivity contribution in [1.82, 2.24) is 14.8 Å². The van der Waals surface area contributed by atoms with Crippen LogP contribution in [0.5, 0.6) is 0 Å². The van der Waals surface area contributed by atoms with E-state index in [0.29, 0.717) is 17.4 Å². The topological polar surface area (TPSA) is 39.3 Å². The zero-order chi connectivity index (χ0) is 18.3. The normalized spacial score (nSPS) is 17.0. The van der Waals surface area contributed by atoms with Gasteiger partial charge >= 0.3 is 0 Å². The summed E-state index contributed by atoms with van der Waals surface area (Å²) in [5.41, 5.74) is 2.86. The highest BCUT2D eigenvalue weighted by Gasteiger charge is 2.27. The fourth-order valence-electron chi connectivity index (χ4n) is 3.52. The SMILES string of the molecule is CC(c1cc(Cl)sc1Cl)N1CCN(C(=O)c2ccc3[nH]ccc3c2)CC1. The van der Waals surface area contributed by atoms with Crippen LogP contribution < -0.4 is 0 Å². The third-order valence-electron chi connectivity index (χ3n) is 5.08. The summed E-state index contributed by atoms with van der Waals surface area (Å²) in [6.07, 6.45) is 1.89. The third-order valence-corrected chi connectivity index (χ3v) is 6.60. The van der Waals surface area contributed by atoms with Gasteiger partial charge in [0.05, 0.1) is 8.67 Å². The Morgan fingerprint density at radius 1 is 1.15 bits per heavy atom. The van der Waals surface area contributed by atoms with Crippen LogP contribution in [0.2, 0.25) is 8.67 Å². The number of aromatic amines is 1. The number of carbonyl (C=O) groups excluding carboxylic acids is 1. The maximum Gasteiger partial charge on any atom is 0.253 e. The molecule has 3 aromatic rings. The lowest BCUT2D eigenvalue weighted by Crippen LogP contribution is -2.49. The lowest BCUT2D eigenvalue weighted by molar-refractivity contribution is 0.0582. The average Bonchev–Trinajstić information content (AvgIpc) is 3.25. The number of carbonyl (C=O) groups is 1. The zero-order valence-electron chi connectivity index (χ0n) is 14.3. The van der Waals surface area contributed by atoms with E-state index in [1.54, 1.807) is 0 Å². The maximum absolute atomic E-state index is 12.8. The Balaban J connectivity index is 1.42. The number of nitrogens with one attached hydrogen (secondary N) is 1. The average molecular weight is 408 g/mol. The van der Waals surface area contributed by atoms with Gasteiger partial charge in [-0.3, -0.25) is 9.69 Å². The largest absolute Gasteiger partial charge is 0.361 e. The monoisotopic (exact) mass is 407 g/mol. The molecule has 0 bridgehead atoms. The number of piperazine rings is 1. The van der Waals surface area contributed by atoms with E-state index in [-0.39, 0.29) is 11.9 Å². The molecule has 136 valence electrons. The van der Waals surface area contributed by atoms with Crippen LogP contribution in [0.3, 0.4) is 0 Å². The van der Waals surface area contributed by atoms with Crippen LogP contribution >= 0.6 is 34.5 Å². The van der Waals surface area contributed by atoms with Crippen molar-refractivity contribution in [2.75, 3.05) is 26.2 Å². The summed E-state index contributed by atoms with van der Waals surface area (Å²) >= 11 is 13.8. The molecule has 0 saturated carbocycles. The number of benzene rings is 1. The Labute approximate surface area is 166 Å². The Bertz CT molecular complexity index is 943. The molecule has 1 saturated heterocycles. The molecule has 1 fully saturated rings. The van der Waals surface area contributed by atoms with Crippen molar-refractivity contribution >= 4 is 51.3 Å². The van der Waals surface area contributed by atoms with E-state index in [1.165, 1.54) is 11.3 Å². The third kappa shape index (κ3) is 3.37. The van der Waals surface area contributed by atoms with Gasteiger partial charge in [-0.2, -0.15) is 0 Å². The van der Waals surface area contributed by atoms with E-state index in [1.807, 2.05) is 41.4 Å². The highest BCUT2D eigenvalue weighted by Crippen LogP contribution is 2.37. The van der Waals surface area contributed by atoms with Gasteiger partial charge in [0.15, 0.2) is 0 Å². The minimum absolute atomic E-state index is 0.0945. The number of amides is 1. The van der Waals surface area contributed by atoms with E-state index in [0.717, 1.165) is 39.5 Å². The molecular weight excluding hydrogens is 389 g/mol. The van der Waals surface area contributed by atoms with Gasteiger partial charge in [-0.1, -0.05) is 23.2 Å². The van der Waals surface area contributed by atoms with Crippen LogP contribution in [-0.4, -0.2) is 46.9 Å². The van der Waals surface area contributed by atoms with Crippen LogP contribution in [0.1, 0.15) is 28.9 Å². The maximum atomic E-state index is 12.8. The van der Waals surface area contributed by atoms with E-state index >= 15 is 0 Å². The molecule has 0 spiro atoms. The molecule has 4 nitrogen and oxygen atoms in total. The van der Waals surface area contributed by atoms with E-state index < -0.39 is 0 Å². The minimum atomic E-state index is 0.0945. The second-order valence-corrected chi connectivity index (χ2v) is 8.85. The first kappa shape index (κ1) is 17.9. The molecule has 1 N–H and O–H groups in total. The summed E-state index contributed by atoms with van der Waals surface area (Å²) in [7, 11) is 0. The highest BCUT2D eigenvalue weighted by molar-refractivity contribution is 7.20. The standard InChI is InChI=1S/C19H19Cl2N3OS/c1-12(15-11-17(20)26-18(15)21)23-6-8-24(9-7-23)19(25)14-2-3-16-13(10-14)4-5-22-16/h2-5,10-12,22H,6-9H2,1H3. The number of thiophene rings is 1. The Hall–Kier alpha value is -1.53. The van der Waals surface area contributed by atoms with E-state index in [2.05, 4.69) is 16.8 Å². The lowest BCUT2D eigenvalue weighted by atomic mass is 10.1. The number of hydrogen-bond acceptors (Lipinski definition) is 3. The van der Waals surface area contributed by atoms with E-state index in [9.17, 15) is 4.79 Å². The smallest absolute Gasteiger partial charge is 0.253 e. The van der Waals surface area contributed by atoms with Crippen molar-refractivity contribution in [2.24, 2.45) is 0 Å². The van der Waals surface area contributed by atoms with Gasteiger partial charge in [0.2, 0.25) is 0 Å². The molecule has 2 aromatic heterocycles. The Kier molecular flexibility index (Phi) is 4.97. The fourth-order valence-corrected chi connectivity index (χ4v) is 5.15. The van der Waals surface area contributed by atoms with Gasteiger partial charge < -0.3 is 9.88 Å². The van der Waals surface area contributed by atoms with Crippen molar-refractivity contribution in [3.8, 4) is 0 Å². The molecule has 1 atom stereocenters. The van der Waals surface area contributed by atoms with Gasteiger partial charge in [0.25, 0.3) is 5.91 Å². The van der Waals surface area contributed by atoms with Gasteiger partial charge in [-0.05, 0) is 37.3 Å². The number of hydrogen-bond donors (Lipinski definition) is 1. The quantitative estimate of drug-likeness (QED) is 0.659. The van der Waals surface area contributed by atoms with E-state index in [4.69, 9.17) is 23.2 Å². The van der Waals surface area contributed by atoms with Crippen molar-refractivity contribution in [3.63, 3.8) is 0 Å². The number of nitrogens with zero attached hydrogens (tertiary/aromatic N) is 2. The first-order chi connectivity index (χ1) is 12.5. The van der Waals surface area contributed by atoms with Crippen LogP contribution in [-0.2, 0) is 0 Å². The van der Waals surface area contributed by atoms with Crippen LogP contribution in [0.15, 0.2) is 36.5 Å². The molecule has 0 aliphatic carbocycles. The number of fused-ring (bicyclic) bond motifs is 1. The lowest BCUT2D eigenvalue weighted by Gasteiger charge is -2.38. The molecule has 7 heteroatoms. The molecule has 26 heavy (non-hydrogen) atoms. The number of H-pyrrole nitrogens is 1. The highest BCUT2D eigenvalue weighted by atomic mass is 35.5. The van der Waals surface area contributed by atoms with Crippen molar-refractivity contribution < 1.29 is 4.79 Å². The van der Waals surface area contributed by atoms with Crippen molar-refractivity contribution in [1.29, 1.82) is 0 Å². The molecule has 1 aliphatic heterocycles. The van der Waals surface area contributed by atoms with Gasteiger partial charge in [0.1, 0.15) is 0 Å². The molecule has 1 amide bonds. The predicted octanol–water partition coefficient (Wildman–Crippen LogP) is 5.06. The summed E-state index contributed by atoms with van der Waals surface area (Å²) in [5, 5.41) is 1.06. The molecule has 0 radical (unpaired) electrons. The first-order valence-corrected chi connectivity index (χ1v) is 10.2. The predicted molar refractivity (Wildman–Crippen MR) is 109 cm³/mol. The minimum Gasteiger partial charge on any atom is -0.361 e. The Morgan fingerprint density at radius 2 is 1.92 bits per heavy atom. The molecular formula is C19H19Cl2N3OS. The summed E-state index contributed by atoms with van der Waals surface area (Å²) in [5.74, 6) is 0.0945. The second-order valence-electron chi connectivity index (χ2n) is 6.56. The van der Waals surface area contributed by atoms with Gasteiger partial charge in [0, 0.05) is 60.4 Å². The number of aromatic nitrogens is 1. The van der Waals surface area contributed by atoms with Crippen molar-refractivity contribution in [3.05, 3.63) is 56.3 Å². The summed E-state index contributed by atoms with van der Waals surface area (Å²) in [4.78, 5) is 20.3. The molecule has 3 heterocycles. The van der Waals surface area contributed by atoms with Crippen LogP contribution in [0, 0.1) is 0 Å². The first-order valence-electron chi connectivity index (χ1n) is 8.58. The van der Waals surface area contributed by atoms with Gasteiger partial charge in [-0.15, -0.1) is 11.3 Å². The number of rotatable bonds is 3. The molecule has 1 aliphatic rings. The van der Waals surface area contributed by atoms with Gasteiger partial charge in [-0.25, -0.2) is 0 Å². The number of halogens is 2. The zero-order valence-corrected chi connectivity index (χ0v) is 16.7. The molecule has 1 unspecified atom stereocenters. The summed E-state index contributed by atoms with van der Waals surface area (Å²) in [6.45, 7) is 5.21. The molecule has 4 rings (SSSR count).